The van der Waals surface area contributed by atoms with Crippen LogP contribution in [-0.2, 0) is 0 Å². The Morgan fingerprint density at radius 2 is 1.90 bits per heavy atom. The van der Waals surface area contributed by atoms with Gasteiger partial charge in [-0.05, 0) is 70.2 Å². The molecule has 0 radical (unpaired) electrons. The van der Waals surface area contributed by atoms with Crippen LogP contribution in [0.5, 0.6) is 5.75 Å². The zero-order valence-corrected chi connectivity index (χ0v) is 14.0. The molecular weight excluding hydrogens is 262 g/mol. The van der Waals surface area contributed by atoms with Crippen LogP contribution < -0.4 is 10.5 Å². The molecule has 2 unspecified atom stereocenters. The van der Waals surface area contributed by atoms with Gasteiger partial charge in [-0.1, -0.05) is 6.07 Å². The number of hydrogen-bond acceptors (Lipinski definition) is 4. The lowest BCUT2D eigenvalue weighted by atomic mass is 9.93. The number of methoxy groups -OCH3 is 1. The predicted octanol–water partition coefficient (Wildman–Crippen LogP) is 1.95. The summed E-state index contributed by atoms with van der Waals surface area (Å²) in [7, 11) is 6.09. The molecule has 2 rings (SSSR count). The Bertz CT molecular complexity index is 489. The highest BCUT2D eigenvalue weighted by atomic mass is 16.5. The summed E-state index contributed by atoms with van der Waals surface area (Å²) in [4.78, 5) is 4.80. The lowest BCUT2D eigenvalue weighted by Gasteiger charge is -2.33. The molecule has 4 heteroatoms. The molecule has 0 spiro atoms. The summed E-state index contributed by atoms with van der Waals surface area (Å²) in [5.41, 5.74) is 10.2. The standard InChI is InChI=1S/C17H29N3O/c1-12-10-16(21-5)13(2)9-14(12)17(18)15-11-19(3)7-6-8-20(15)4/h9-10,15,17H,6-8,11,18H2,1-5H3. The van der Waals surface area contributed by atoms with E-state index in [9.17, 15) is 0 Å². The third-order valence-corrected chi connectivity index (χ3v) is 4.67. The van der Waals surface area contributed by atoms with E-state index in [4.69, 9.17) is 10.5 Å². The van der Waals surface area contributed by atoms with E-state index in [2.05, 4.69) is 49.9 Å². The molecule has 1 aliphatic heterocycles. The topological polar surface area (TPSA) is 41.7 Å². The van der Waals surface area contributed by atoms with Gasteiger partial charge in [0.2, 0.25) is 0 Å². The first-order valence-electron chi connectivity index (χ1n) is 7.73. The predicted molar refractivity (Wildman–Crippen MR) is 87.9 cm³/mol. The number of hydrogen-bond donors (Lipinski definition) is 1. The van der Waals surface area contributed by atoms with E-state index < -0.39 is 0 Å². The van der Waals surface area contributed by atoms with E-state index >= 15 is 0 Å². The average molecular weight is 291 g/mol. The largest absolute Gasteiger partial charge is 0.496 e. The van der Waals surface area contributed by atoms with Crippen LogP contribution in [0.3, 0.4) is 0 Å². The number of nitrogens with zero attached hydrogens (tertiary/aromatic N) is 2. The molecule has 0 saturated carbocycles. The zero-order valence-electron chi connectivity index (χ0n) is 14.0. The van der Waals surface area contributed by atoms with Crippen molar-refractivity contribution in [3.8, 4) is 5.75 Å². The fraction of sp³-hybridized carbons (Fsp3) is 0.647. The molecule has 1 aromatic carbocycles. The van der Waals surface area contributed by atoms with Crippen molar-refractivity contribution in [3.05, 3.63) is 28.8 Å². The monoisotopic (exact) mass is 291 g/mol. The number of likely N-dealkylation sites (N-methyl/N-ethyl adjacent to an activating group) is 2. The van der Waals surface area contributed by atoms with Gasteiger partial charge in [-0.2, -0.15) is 0 Å². The van der Waals surface area contributed by atoms with E-state index in [1.165, 1.54) is 17.5 Å². The van der Waals surface area contributed by atoms with Crippen molar-refractivity contribution in [3.63, 3.8) is 0 Å². The van der Waals surface area contributed by atoms with Crippen molar-refractivity contribution in [1.82, 2.24) is 9.80 Å². The summed E-state index contributed by atoms with van der Waals surface area (Å²) >= 11 is 0. The Balaban J connectivity index is 2.29. The molecule has 118 valence electrons. The summed E-state index contributed by atoms with van der Waals surface area (Å²) in [6, 6.07) is 4.67. The first-order chi connectivity index (χ1) is 9.93. The van der Waals surface area contributed by atoms with Crippen LogP contribution in [0.25, 0.3) is 0 Å². The molecule has 0 bridgehead atoms. The minimum atomic E-state index is 0.0279. The highest BCUT2D eigenvalue weighted by molar-refractivity contribution is 5.43. The van der Waals surface area contributed by atoms with Gasteiger partial charge in [0.05, 0.1) is 7.11 Å². The van der Waals surface area contributed by atoms with Gasteiger partial charge in [-0.15, -0.1) is 0 Å². The number of ether oxygens (including phenoxy) is 1. The third-order valence-electron chi connectivity index (χ3n) is 4.67. The van der Waals surface area contributed by atoms with Crippen molar-refractivity contribution in [1.29, 1.82) is 0 Å². The van der Waals surface area contributed by atoms with Gasteiger partial charge in [0.1, 0.15) is 5.75 Å². The SMILES string of the molecule is COc1cc(C)c(C(N)C2CN(C)CCCN2C)cc1C. The van der Waals surface area contributed by atoms with Gasteiger partial charge in [0, 0.05) is 18.6 Å². The number of rotatable bonds is 3. The van der Waals surface area contributed by atoms with E-state index in [0.717, 1.165) is 30.9 Å². The van der Waals surface area contributed by atoms with Gasteiger partial charge < -0.3 is 20.3 Å². The minimum Gasteiger partial charge on any atom is -0.496 e. The van der Waals surface area contributed by atoms with Crippen molar-refractivity contribution in [2.24, 2.45) is 5.73 Å². The van der Waals surface area contributed by atoms with Crippen molar-refractivity contribution >= 4 is 0 Å². The molecule has 1 aromatic rings. The molecule has 0 aliphatic carbocycles. The van der Waals surface area contributed by atoms with Gasteiger partial charge in [0.15, 0.2) is 0 Å². The molecule has 4 nitrogen and oxygen atoms in total. The van der Waals surface area contributed by atoms with E-state index in [-0.39, 0.29) is 6.04 Å². The van der Waals surface area contributed by atoms with Crippen molar-refractivity contribution in [2.45, 2.75) is 32.4 Å². The summed E-state index contributed by atoms with van der Waals surface area (Å²) in [5, 5.41) is 0. The average Bonchev–Trinajstić information content (AvgIpc) is 2.61. The summed E-state index contributed by atoms with van der Waals surface area (Å²) in [5.74, 6) is 0.940. The van der Waals surface area contributed by atoms with Gasteiger partial charge in [-0.3, -0.25) is 0 Å². The maximum absolute atomic E-state index is 6.64. The molecule has 0 aromatic heterocycles. The number of benzene rings is 1. The van der Waals surface area contributed by atoms with Crippen LogP contribution in [0.4, 0.5) is 0 Å². The molecule has 0 amide bonds. The number of nitrogens with two attached hydrogens (primary N) is 1. The van der Waals surface area contributed by atoms with Gasteiger partial charge >= 0.3 is 0 Å². The maximum atomic E-state index is 6.64. The van der Waals surface area contributed by atoms with Crippen molar-refractivity contribution < 1.29 is 4.74 Å². The molecule has 2 atom stereocenters. The molecule has 1 saturated heterocycles. The molecule has 1 heterocycles. The second kappa shape index (κ2) is 6.77. The Hall–Kier alpha value is -1.10. The summed E-state index contributed by atoms with van der Waals surface area (Å²) < 4.78 is 5.40. The Labute approximate surface area is 128 Å². The Morgan fingerprint density at radius 3 is 2.57 bits per heavy atom. The van der Waals surface area contributed by atoms with E-state index in [0.29, 0.717) is 6.04 Å². The van der Waals surface area contributed by atoms with Crippen LogP contribution in [0.15, 0.2) is 12.1 Å². The quantitative estimate of drug-likeness (QED) is 0.924. The number of aryl methyl sites for hydroxylation is 2. The fourth-order valence-electron chi connectivity index (χ4n) is 3.29. The lowest BCUT2D eigenvalue weighted by Crippen LogP contribution is -2.45. The maximum Gasteiger partial charge on any atom is 0.122 e. The third kappa shape index (κ3) is 3.57. The fourth-order valence-corrected chi connectivity index (χ4v) is 3.29. The van der Waals surface area contributed by atoms with E-state index in [1.54, 1.807) is 7.11 Å². The van der Waals surface area contributed by atoms with Gasteiger partial charge in [-0.25, -0.2) is 0 Å². The molecular formula is C17H29N3O. The smallest absolute Gasteiger partial charge is 0.122 e. The highest BCUT2D eigenvalue weighted by Crippen LogP contribution is 2.29. The second-order valence-corrected chi connectivity index (χ2v) is 6.37. The molecule has 1 aliphatic rings. The van der Waals surface area contributed by atoms with Crippen molar-refractivity contribution in [2.75, 3.05) is 40.8 Å². The lowest BCUT2D eigenvalue weighted by molar-refractivity contribution is 0.196. The molecule has 2 N–H and O–H groups in total. The first kappa shape index (κ1) is 16.3. The highest BCUT2D eigenvalue weighted by Gasteiger charge is 2.28. The zero-order chi connectivity index (χ0) is 15.6. The second-order valence-electron chi connectivity index (χ2n) is 6.37. The van der Waals surface area contributed by atoms with Crippen LogP contribution in [0.1, 0.15) is 29.2 Å². The van der Waals surface area contributed by atoms with Crippen LogP contribution in [-0.4, -0.2) is 56.7 Å². The molecule has 1 fully saturated rings. The Morgan fingerprint density at radius 1 is 1.19 bits per heavy atom. The van der Waals surface area contributed by atoms with E-state index in [1.807, 2.05) is 0 Å². The molecule has 21 heavy (non-hydrogen) atoms. The van der Waals surface area contributed by atoms with Crippen LogP contribution >= 0.6 is 0 Å². The first-order valence-corrected chi connectivity index (χ1v) is 7.73. The van der Waals surface area contributed by atoms with Crippen LogP contribution in [0.2, 0.25) is 0 Å². The normalized spacial score (nSPS) is 22.9. The van der Waals surface area contributed by atoms with Crippen LogP contribution in [0, 0.1) is 13.8 Å². The summed E-state index contributed by atoms with van der Waals surface area (Å²) in [6.07, 6.45) is 1.21. The minimum absolute atomic E-state index is 0.0279. The Kier molecular flexibility index (Phi) is 5.25. The van der Waals surface area contributed by atoms with Gasteiger partial charge in [0.25, 0.3) is 0 Å². The summed E-state index contributed by atoms with van der Waals surface area (Å²) in [6.45, 7) is 7.47.